The van der Waals surface area contributed by atoms with E-state index in [-0.39, 0.29) is 23.2 Å². The van der Waals surface area contributed by atoms with E-state index in [4.69, 9.17) is 4.74 Å². The first-order valence-electron chi connectivity index (χ1n) is 11.3. The molecule has 4 rings (SSSR count). The summed E-state index contributed by atoms with van der Waals surface area (Å²) in [6.45, 7) is 9.88. The van der Waals surface area contributed by atoms with Gasteiger partial charge in [0, 0.05) is 10.8 Å². The minimum atomic E-state index is -0.790. The van der Waals surface area contributed by atoms with Gasteiger partial charge in [0.25, 0.3) is 0 Å². The van der Waals surface area contributed by atoms with Gasteiger partial charge in [-0.1, -0.05) is 64.1 Å². The number of ether oxygens (including phenoxy) is 1. The van der Waals surface area contributed by atoms with Crippen LogP contribution in [0.25, 0.3) is 0 Å². The molecule has 4 heteroatoms. The van der Waals surface area contributed by atoms with Gasteiger partial charge in [0.1, 0.15) is 12.4 Å². The minimum absolute atomic E-state index is 0.0853. The van der Waals surface area contributed by atoms with Crippen LogP contribution < -0.4 is 4.74 Å². The normalized spacial score (nSPS) is 17.4. The van der Waals surface area contributed by atoms with Crippen molar-refractivity contribution in [1.82, 2.24) is 0 Å². The Balaban J connectivity index is 1.49. The highest BCUT2D eigenvalue weighted by molar-refractivity contribution is 7.10. The number of hydrogen-bond acceptors (Lipinski definition) is 3. The molecule has 32 heavy (non-hydrogen) atoms. The van der Waals surface area contributed by atoms with Crippen LogP contribution in [-0.4, -0.2) is 11.1 Å². The Bertz CT molecular complexity index is 1080. The molecule has 1 aliphatic rings. The van der Waals surface area contributed by atoms with Gasteiger partial charge in [-0.2, -0.15) is 0 Å². The van der Waals surface area contributed by atoms with Crippen LogP contribution >= 0.6 is 11.3 Å². The molecule has 0 fully saturated rings. The number of hydrogen-bond donors (Lipinski definition) is 1. The van der Waals surface area contributed by atoms with Crippen molar-refractivity contribution in [3.8, 4) is 5.75 Å². The largest absolute Gasteiger partial charge is 0.489 e. The van der Waals surface area contributed by atoms with Crippen molar-refractivity contribution in [2.45, 2.75) is 70.3 Å². The molecule has 168 valence electrons. The molecule has 0 bridgehead atoms. The number of rotatable bonds is 7. The summed E-state index contributed by atoms with van der Waals surface area (Å²) in [7, 11) is 0. The van der Waals surface area contributed by atoms with E-state index in [0.717, 1.165) is 16.2 Å². The SMILES string of the molecule is CC1(C)CCC(C)(C)c2cc(COc3ccc(C(CC(=O)O)c4cccs4)cc3)ccc21. The molecule has 0 saturated carbocycles. The highest BCUT2D eigenvalue weighted by Gasteiger charge is 2.36. The molecule has 1 atom stereocenters. The number of benzene rings is 2. The van der Waals surface area contributed by atoms with Crippen molar-refractivity contribution in [3.05, 3.63) is 87.1 Å². The van der Waals surface area contributed by atoms with Gasteiger partial charge in [0.15, 0.2) is 0 Å². The zero-order valence-corrected chi connectivity index (χ0v) is 20.2. The van der Waals surface area contributed by atoms with Gasteiger partial charge in [0.2, 0.25) is 0 Å². The number of aliphatic carboxylic acids is 1. The molecule has 1 unspecified atom stereocenters. The standard InChI is InChI=1S/C28H32O3S/c1-27(2)13-14-28(3,4)24-16-19(7-12-23(24)27)18-31-21-10-8-20(9-11-21)22(17-26(29)30)25-6-5-15-32-25/h5-12,15-16,22H,13-14,17-18H2,1-4H3,(H,29,30). The van der Waals surface area contributed by atoms with E-state index in [0.29, 0.717) is 6.61 Å². The zero-order chi connectivity index (χ0) is 22.9. The lowest BCUT2D eigenvalue weighted by atomic mass is 9.63. The Kier molecular flexibility index (Phi) is 6.17. The Morgan fingerprint density at radius 2 is 1.69 bits per heavy atom. The number of carboxylic acids is 1. The second-order valence-corrected chi connectivity index (χ2v) is 11.2. The molecular weight excluding hydrogens is 416 g/mol. The number of carboxylic acid groups (broad SMARTS) is 1. The average molecular weight is 449 g/mol. The van der Waals surface area contributed by atoms with Crippen LogP contribution in [0.1, 0.15) is 80.0 Å². The second-order valence-electron chi connectivity index (χ2n) is 10.2. The van der Waals surface area contributed by atoms with Crippen LogP contribution in [0, 0.1) is 0 Å². The molecule has 0 aliphatic heterocycles. The van der Waals surface area contributed by atoms with E-state index in [2.05, 4.69) is 45.9 Å². The first-order valence-corrected chi connectivity index (χ1v) is 12.2. The number of carbonyl (C=O) groups is 1. The molecular formula is C28H32O3S. The van der Waals surface area contributed by atoms with Gasteiger partial charge in [-0.3, -0.25) is 4.79 Å². The van der Waals surface area contributed by atoms with E-state index in [1.165, 1.54) is 29.5 Å². The maximum atomic E-state index is 11.4. The Hall–Kier alpha value is -2.59. The van der Waals surface area contributed by atoms with Gasteiger partial charge in [0.05, 0.1) is 6.42 Å². The van der Waals surface area contributed by atoms with Crippen LogP contribution in [0.15, 0.2) is 60.0 Å². The smallest absolute Gasteiger partial charge is 0.304 e. The molecule has 2 aromatic carbocycles. The lowest BCUT2D eigenvalue weighted by molar-refractivity contribution is -0.137. The van der Waals surface area contributed by atoms with Crippen molar-refractivity contribution < 1.29 is 14.6 Å². The van der Waals surface area contributed by atoms with Crippen molar-refractivity contribution in [3.63, 3.8) is 0 Å². The maximum absolute atomic E-state index is 11.4. The Morgan fingerprint density at radius 3 is 2.31 bits per heavy atom. The van der Waals surface area contributed by atoms with Crippen LogP contribution in [0.3, 0.4) is 0 Å². The monoisotopic (exact) mass is 448 g/mol. The quantitative estimate of drug-likeness (QED) is 0.413. The molecule has 1 aromatic heterocycles. The topological polar surface area (TPSA) is 46.5 Å². The van der Waals surface area contributed by atoms with Crippen LogP contribution in [0.4, 0.5) is 0 Å². The molecule has 0 saturated heterocycles. The maximum Gasteiger partial charge on any atom is 0.304 e. The lowest BCUT2D eigenvalue weighted by Crippen LogP contribution is -2.33. The number of fused-ring (bicyclic) bond motifs is 1. The summed E-state index contributed by atoms with van der Waals surface area (Å²) < 4.78 is 6.10. The van der Waals surface area contributed by atoms with Crippen molar-refractivity contribution in [2.75, 3.05) is 0 Å². The van der Waals surface area contributed by atoms with Crippen molar-refractivity contribution >= 4 is 17.3 Å². The predicted molar refractivity (Wildman–Crippen MR) is 131 cm³/mol. The van der Waals surface area contributed by atoms with Gasteiger partial charge >= 0.3 is 5.97 Å². The fraction of sp³-hybridized carbons (Fsp3) is 0.393. The Labute approximate surface area is 195 Å². The summed E-state index contributed by atoms with van der Waals surface area (Å²) in [5, 5.41) is 11.3. The van der Waals surface area contributed by atoms with Gasteiger partial charge in [-0.05, 0) is 69.5 Å². The van der Waals surface area contributed by atoms with Crippen LogP contribution in [0.5, 0.6) is 5.75 Å². The minimum Gasteiger partial charge on any atom is -0.489 e. The lowest BCUT2D eigenvalue weighted by Gasteiger charge is -2.42. The summed E-state index contributed by atoms with van der Waals surface area (Å²) in [5.74, 6) is -0.124. The molecule has 1 aliphatic carbocycles. The fourth-order valence-electron chi connectivity index (χ4n) is 4.74. The van der Waals surface area contributed by atoms with E-state index < -0.39 is 5.97 Å². The third-order valence-corrected chi connectivity index (χ3v) is 7.86. The van der Waals surface area contributed by atoms with Crippen LogP contribution in [0.2, 0.25) is 0 Å². The highest BCUT2D eigenvalue weighted by atomic mass is 32.1. The van der Waals surface area contributed by atoms with Gasteiger partial charge in [-0.25, -0.2) is 0 Å². The van der Waals surface area contributed by atoms with E-state index >= 15 is 0 Å². The third-order valence-electron chi connectivity index (χ3n) is 6.87. The van der Waals surface area contributed by atoms with Crippen molar-refractivity contribution in [2.24, 2.45) is 0 Å². The fourth-order valence-corrected chi connectivity index (χ4v) is 5.59. The first-order chi connectivity index (χ1) is 15.2. The van der Waals surface area contributed by atoms with Gasteiger partial charge < -0.3 is 9.84 Å². The average Bonchev–Trinajstić information content (AvgIpc) is 3.29. The molecule has 0 amide bonds. The highest BCUT2D eigenvalue weighted by Crippen LogP contribution is 2.46. The summed E-state index contributed by atoms with van der Waals surface area (Å²) >= 11 is 1.60. The summed E-state index contributed by atoms with van der Waals surface area (Å²) in [5.41, 5.74) is 5.48. The molecule has 0 spiro atoms. The zero-order valence-electron chi connectivity index (χ0n) is 19.4. The Morgan fingerprint density at radius 1 is 1.00 bits per heavy atom. The van der Waals surface area contributed by atoms with Crippen LogP contribution in [-0.2, 0) is 22.2 Å². The van der Waals surface area contributed by atoms with E-state index in [9.17, 15) is 9.90 Å². The van der Waals surface area contributed by atoms with E-state index in [1.54, 1.807) is 11.3 Å². The first kappa shape index (κ1) is 22.6. The summed E-state index contributed by atoms with van der Waals surface area (Å²) in [6, 6.07) is 18.6. The summed E-state index contributed by atoms with van der Waals surface area (Å²) in [4.78, 5) is 12.4. The van der Waals surface area contributed by atoms with Gasteiger partial charge in [-0.15, -0.1) is 11.3 Å². The molecule has 1 heterocycles. The number of thiophene rings is 1. The molecule has 0 radical (unpaired) electrons. The molecule has 1 N–H and O–H groups in total. The van der Waals surface area contributed by atoms with E-state index in [1.807, 2.05) is 41.8 Å². The van der Waals surface area contributed by atoms with Crippen molar-refractivity contribution in [1.29, 1.82) is 0 Å². The summed E-state index contributed by atoms with van der Waals surface area (Å²) in [6.07, 6.45) is 2.49. The second kappa shape index (κ2) is 8.74. The molecule has 3 nitrogen and oxygen atoms in total. The predicted octanol–water partition coefficient (Wildman–Crippen LogP) is 7.28. The molecule has 3 aromatic rings. The third kappa shape index (κ3) is 4.75.